The summed E-state index contributed by atoms with van der Waals surface area (Å²) in [6.45, 7) is 1.83. The van der Waals surface area contributed by atoms with Gasteiger partial charge in [-0.05, 0) is 19.1 Å². The monoisotopic (exact) mass is 273 g/mol. The Morgan fingerprint density at radius 3 is 2.80 bits per heavy atom. The summed E-state index contributed by atoms with van der Waals surface area (Å²) in [6.07, 6.45) is 0. The third kappa shape index (κ3) is 3.23. The summed E-state index contributed by atoms with van der Waals surface area (Å²) >= 11 is 0. The molecular formula is C14H15N3O3. The Kier molecular flexibility index (Phi) is 4.14. The molecule has 0 aliphatic carbocycles. The van der Waals surface area contributed by atoms with Gasteiger partial charge in [-0.2, -0.15) is 0 Å². The number of ether oxygens (including phenoxy) is 1. The standard InChI is InChI=1S/C14H15N3O3/c1-9-7-12(15-8-13(19)20-2)17-14(16-9)10-5-3-4-6-11(10)18/h3-7,18H,8H2,1-2H3,(H,15,16,17). The Balaban J connectivity index is 2.29. The van der Waals surface area contributed by atoms with Gasteiger partial charge in [0.05, 0.1) is 12.7 Å². The van der Waals surface area contributed by atoms with Gasteiger partial charge >= 0.3 is 5.97 Å². The minimum absolute atomic E-state index is 0.0210. The zero-order valence-corrected chi connectivity index (χ0v) is 11.3. The van der Waals surface area contributed by atoms with Crippen molar-refractivity contribution in [1.29, 1.82) is 0 Å². The van der Waals surface area contributed by atoms with Crippen LogP contribution in [-0.2, 0) is 9.53 Å². The van der Waals surface area contributed by atoms with Gasteiger partial charge < -0.3 is 15.2 Å². The second-order valence-corrected chi connectivity index (χ2v) is 4.17. The fourth-order valence-electron chi connectivity index (χ4n) is 1.68. The number of nitrogens with one attached hydrogen (secondary N) is 1. The van der Waals surface area contributed by atoms with E-state index in [4.69, 9.17) is 0 Å². The number of benzene rings is 1. The van der Waals surface area contributed by atoms with E-state index in [2.05, 4.69) is 20.0 Å². The van der Waals surface area contributed by atoms with Crippen LogP contribution in [-0.4, -0.2) is 34.7 Å². The van der Waals surface area contributed by atoms with Gasteiger partial charge in [0.2, 0.25) is 0 Å². The van der Waals surface area contributed by atoms with E-state index < -0.39 is 0 Å². The van der Waals surface area contributed by atoms with Crippen molar-refractivity contribution in [3.8, 4) is 17.1 Å². The molecule has 2 aromatic rings. The maximum absolute atomic E-state index is 11.1. The van der Waals surface area contributed by atoms with Gasteiger partial charge in [-0.15, -0.1) is 0 Å². The van der Waals surface area contributed by atoms with Crippen LogP contribution in [0.5, 0.6) is 5.75 Å². The molecule has 0 amide bonds. The molecule has 0 radical (unpaired) electrons. The average Bonchev–Trinajstić information content (AvgIpc) is 2.44. The van der Waals surface area contributed by atoms with Crippen molar-refractivity contribution in [2.75, 3.05) is 19.0 Å². The Hall–Kier alpha value is -2.63. The highest BCUT2D eigenvalue weighted by Crippen LogP contribution is 2.26. The number of hydrogen-bond donors (Lipinski definition) is 2. The van der Waals surface area contributed by atoms with Crippen LogP contribution >= 0.6 is 0 Å². The molecular weight excluding hydrogens is 258 g/mol. The first-order chi connectivity index (χ1) is 9.60. The fraction of sp³-hybridized carbons (Fsp3) is 0.214. The number of aromatic nitrogens is 2. The molecule has 0 spiro atoms. The number of carbonyl (C=O) groups is 1. The van der Waals surface area contributed by atoms with Gasteiger partial charge in [-0.25, -0.2) is 9.97 Å². The Morgan fingerprint density at radius 2 is 2.10 bits per heavy atom. The highest BCUT2D eigenvalue weighted by Gasteiger charge is 2.09. The van der Waals surface area contributed by atoms with Crippen LogP contribution in [0.2, 0.25) is 0 Å². The first-order valence-electron chi connectivity index (χ1n) is 6.05. The van der Waals surface area contributed by atoms with Crippen molar-refractivity contribution in [3.63, 3.8) is 0 Å². The maximum Gasteiger partial charge on any atom is 0.325 e. The van der Waals surface area contributed by atoms with Crippen LogP contribution in [0, 0.1) is 6.92 Å². The van der Waals surface area contributed by atoms with E-state index in [-0.39, 0.29) is 18.3 Å². The molecule has 0 fully saturated rings. The number of rotatable bonds is 4. The number of nitrogens with zero attached hydrogens (tertiary/aromatic N) is 2. The van der Waals surface area contributed by atoms with E-state index >= 15 is 0 Å². The molecule has 0 atom stereocenters. The van der Waals surface area contributed by atoms with E-state index in [1.54, 1.807) is 30.3 Å². The van der Waals surface area contributed by atoms with Gasteiger partial charge in [0.15, 0.2) is 5.82 Å². The summed E-state index contributed by atoms with van der Waals surface area (Å²) in [4.78, 5) is 19.7. The molecule has 1 aromatic carbocycles. The molecule has 20 heavy (non-hydrogen) atoms. The van der Waals surface area contributed by atoms with Crippen molar-refractivity contribution >= 4 is 11.8 Å². The quantitative estimate of drug-likeness (QED) is 0.825. The summed E-state index contributed by atoms with van der Waals surface area (Å²) in [5.41, 5.74) is 1.27. The molecule has 1 aromatic heterocycles. The molecule has 2 N–H and O–H groups in total. The number of esters is 1. The highest BCUT2D eigenvalue weighted by atomic mass is 16.5. The molecule has 0 saturated carbocycles. The van der Waals surface area contributed by atoms with E-state index in [0.717, 1.165) is 5.69 Å². The normalized spacial score (nSPS) is 10.1. The first kappa shape index (κ1) is 13.8. The summed E-state index contributed by atoms with van der Waals surface area (Å²) in [6, 6.07) is 8.54. The molecule has 6 heteroatoms. The lowest BCUT2D eigenvalue weighted by Crippen LogP contribution is -2.16. The third-order valence-electron chi connectivity index (χ3n) is 2.64. The number of phenolic OH excluding ortho intramolecular Hbond substituents is 1. The van der Waals surface area contributed by atoms with Gasteiger partial charge in [0.1, 0.15) is 18.1 Å². The summed E-state index contributed by atoms with van der Waals surface area (Å²) < 4.78 is 4.55. The zero-order valence-electron chi connectivity index (χ0n) is 11.3. The zero-order chi connectivity index (χ0) is 14.5. The van der Waals surface area contributed by atoms with Crippen LogP contribution in [0.3, 0.4) is 0 Å². The molecule has 0 unspecified atom stereocenters. The van der Waals surface area contributed by atoms with Gasteiger partial charge in [-0.1, -0.05) is 12.1 Å². The topological polar surface area (TPSA) is 84.3 Å². The first-order valence-corrected chi connectivity index (χ1v) is 6.05. The van der Waals surface area contributed by atoms with Gasteiger partial charge in [0, 0.05) is 11.8 Å². The van der Waals surface area contributed by atoms with Crippen LogP contribution in [0.15, 0.2) is 30.3 Å². The van der Waals surface area contributed by atoms with Crippen LogP contribution in [0.4, 0.5) is 5.82 Å². The van der Waals surface area contributed by atoms with E-state index in [1.807, 2.05) is 6.92 Å². The second-order valence-electron chi connectivity index (χ2n) is 4.17. The molecule has 0 saturated heterocycles. The largest absolute Gasteiger partial charge is 0.507 e. The summed E-state index contributed by atoms with van der Waals surface area (Å²) in [5, 5.41) is 12.7. The van der Waals surface area contributed by atoms with E-state index in [9.17, 15) is 9.90 Å². The lowest BCUT2D eigenvalue weighted by Gasteiger charge is -2.08. The molecule has 0 aliphatic rings. The molecule has 1 heterocycles. The minimum Gasteiger partial charge on any atom is -0.507 e. The van der Waals surface area contributed by atoms with Crippen molar-refractivity contribution < 1.29 is 14.6 Å². The van der Waals surface area contributed by atoms with Crippen molar-refractivity contribution in [2.24, 2.45) is 0 Å². The molecule has 104 valence electrons. The third-order valence-corrected chi connectivity index (χ3v) is 2.64. The van der Waals surface area contributed by atoms with E-state index in [1.165, 1.54) is 7.11 Å². The second kappa shape index (κ2) is 6.01. The number of phenols is 1. The number of methoxy groups -OCH3 is 1. The fourth-order valence-corrected chi connectivity index (χ4v) is 1.68. The summed E-state index contributed by atoms with van der Waals surface area (Å²) in [5.74, 6) is 0.624. The summed E-state index contributed by atoms with van der Waals surface area (Å²) in [7, 11) is 1.32. The number of anilines is 1. The van der Waals surface area contributed by atoms with Crippen molar-refractivity contribution in [1.82, 2.24) is 9.97 Å². The van der Waals surface area contributed by atoms with E-state index in [0.29, 0.717) is 17.2 Å². The number of aromatic hydroxyl groups is 1. The van der Waals surface area contributed by atoms with Gasteiger partial charge in [-0.3, -0.25) is 4.79 Å². The molecule has 2 rings (SSSR count). The Labute approximate surface area is 116 Å². The van der Waals surface area contributed by atoms with Crippen LogP contribution < -0.4 is 5.32 Å². The molecule has 6 nitrogen and oxygen atoms in total. The lowest BCUT2D eigenvalue weighted by molar-refractivity contribution is -0.138. The van der Waals surface area contributed by atoms with Gasteiger partial charge in [0.25, 0.3) is 0 Å². The molecule has 0 bridgehead atoms. The van der Waals surface area contributed by atoms with Crippen molar-refractivity contribution in [2.45, 2.75) is 6.92 Å². The number of aryl methyl sites for hydroxylation is 1. The maximum atomic E-state index is 11.1. The van der Waals surface area contributed by atoms with Crippen molar-refractivity contribution in [3.05, 3.63) is 36.0 Å². The number of para-hydroxylation sites is 1. The SMILES string of the molecule is COC(=O)CNc1cc(C)nc(-c2ccccc2O)n1. The lowest BCUT2D eigenvalue weighted by atomic mass is 10.2. The number of carbonyl (C=O) groups excluding carboxylic acids is 1. The smallest absolute Gasteiger partial charge is 0.325 e. The Morgan fingerprint density at radius 1 is 1.35 bits per heavy atom. The Bertz CT molecular complexity index is 629. The average molecular weight is 273 g/mol. The minimum atomic E-state index is -0.384. The highest BCUT2D eigenvalue weighted by molar-refractivity contribution is 5.74. The van der Waals surface area contributed by atoms with Crippen LogP contribution in [0.25, 0.3) is 11.4 Å². The van der Waals surface area contributed by atoms with Crippen LogP contribution in [0.1, 0.15) is 5.69 Å². The number of hydrogen-bond acceptors (Lipinski definition) is 6. The molecule has 0 aliphatic heterocycles. The predicted octanol–water partition coefficient (Wildman–Crippen LogP) is 1.74. The predicted molar refractivity (Wildman–Crippen MR) is 74.4 cm³/mol.